The van der Waals surface area contributed by atoms with Gasteiger partial charge >= 0.3 is 5.97 Å². The molecule has 0 saturated heterocycles. The van der Waals surface area contributed by atoms with Crippen molar-refractivity contribution in [1.82, 2.24) is 25.9 Å². The topological polar surface area (TPSA) is 220 Å². The van der Waals surface area contributed by atoms with Gasteiger partial charge in [-0.3, -0.25) is 14.4 Å². The number of imidazole rings is 1. The van der Waals surface area contributed by atoms with Crippen molar-refractivity contribution < 1.29 is 34.5 Å². The SMILES string of the molecule is CC(N)C(=O)NC(C(=O)NC(Cc1cnc[nH]1)C(=O)NC(C(=O)O)C(C)O)C(C)O. The van der Waals surface area contributed by atoms with Crippen LogP contribution in [0.5, 0.6) is 0 Å². The first kappa shape index (κ1) is 25.0. The Morgan fingerprint density at radius 1 is 1.00 bits per heavy atom. The quantitative estimate of drug-likeness (QED) is 0.176. The highest BCUT2D eigenvalue weighted by atomic mass is 16.4. The molecular formula is C17H28N6O7. The molecule has 13 heteroatoms. The van der Waals surface area contributed by atoms with Crippen molar-refractivity contribution in [3.8, 4) is 0 Å². The smallest absolute Gasteiger partial charge is 0.328 e. The maximum absolute atomic E-state index is 12.6. The van der Waals surface area contributed by atoms with E-state index in [1.54, 1.807) is 0 Å². The summed E-state index contributed by atoms with van der Waals surface area (Å²) in [6.07, 6.45) is -0.0564. The van der Waals surface area contributed by atoms with Crippen LogP contribution in [0, 0.1) is 0 Å². The number of amides is 3. The maximum Gasteiger partial charge on any atom is 0.328 e. The van der Waals surface area contributed by atoms with Gasteiger partial charge in [0.05, 0.1) is 24.6 Å². The number of hydrogen-bond donors (Lipinski definition) is 8. The number of aliphatic hydroxyl groups is 2. The maximum atomic E-state index is 12.6. The molecule has 0 aliphatic heterocycles. The van der Waals surface area contributed by atoms with Gasteiger partial charge in [-0.2, -0.15) is 0 Å². The van der Waals surface area contributed by atoms with Gasteiger partial charge in [0.15, 0.2) is 6.04 Å². The molecule has 0 spiro atoms. The average molecular weight is 428 g/mol. The lowest BCUT2D eigenvalue weighted by Crippen LogP contribution is -2.60. The fraction of sp³-hybridized carbons (Fsp3) is 0.588. The highest BCUT2D eigenvalue weighted by molar-refractivity contribution is 5.94. The molecular weight excluding hydrogens is 400 g/mol. The molecule has 1 aromatic rings. The molecule has 6 unspecified atom stereocenters. The molecule has 0 bridgehead atoms. The van der Waals surface area contributed by atoms with Crippen molar-refractivity contribution in [3.05, 3.63) is 18.2 Å². The Morgan fingerprint density at radius 3 is 2.00 bits per heavy atom. The molecule has 6 atom stereocenters. The molecule has 9 N–H and O–H groups in total. The molecule has 168 valence electrons. The van der Waals surface area contributed by atoms with Gasteiger partial charge in [-0.05, 0) is 20.8 Å². The van der Waals surface area contributed by atoms with Gasteiger partial charge in [-0.1, -0.05) is 0 Å². The number of carbonyl (C=O) groups is 4. The van der Waals surface area contributed by atoms with Crippen LogP contribution in [0.4, 0.5) is 0 Å². The minimum atomic E-state index is -1.61. The Bertz CT molecular complexity index is 735. The van der Waals surface area contributed by atoms with E-state index in [0.29, 0.717) is 5.69 Å². The minimum absolute atomic E-state index is 0.0997. The molecule has 0 saturated carbocycles. The van der Waals surface area contributed by atoms with Crippen LogP contribution in [0.2, 0.25) is 0 Å². The van der Waals surface area contributed by atoms with Crippen LogP contribution in [-0.4, -0.2) is 85.4 Å². The van der Waals surface area contributed by atoms with E-state index in [1.165, 1.54) is 33.3 Å². The van der Waals surface area contributed by atoms with Crippen LogP contribution in [0.3, 0.4) is 0 Å². The number of aromatic amines is 1. The number of nitrogens with zero attached hydrogens (tertiary/aromatic N) is 1. The minimum Gasteiger partial charge on any atom is -0.480 e. The molecule has 0 aromatic carbocycles. The molecule has 3 amide bonds. The molecule has 1 aromatic heterocycles. The van der Waals surface area contributed by atoms with Gasteiger partial charge in [-0.25, -0.2) is 9.78 Å². The van der Waals surface area contributed by atoms with E-state index in [0.717, 1.165) is 0 Å². The van der Waals surface area contributed by atoms with Crippen molar-refractivity contribution in [1.29, 1.82) is 0 Å². The summed E-state index contributed by atoms with van der Waals surface area (Å²) in [5.74, 6) is -3.93. The first-order chi connectivity index (χ1) is 13.9. The third-order valence-electron chi connectivity index (χ3n) is 4.13. The van der Waals surface area contributed by atoms with Crippen molar-refractivity contribution in [2.45, 2.75) is 63.6 Å². The summed E-state index contributed by atoms with van der Waals surface area (Å²) in [4.78, 5) is 54.9. The fourth-order valence-corrected chi connectivity index (χ4v) is 2.42. The summed E-state index contributed by atoms with van der Waals surface area (Å²) in [5, 5.41) is 35.4. The Labute approximate surface area is 172 Å². The van der Waals surface area contributed by atoms with Crippen molar-refractivity contribution >= 4 is 23.7 Å². The lowest BCUT2D eigenvalue weighted by molar-refractivity contribution is -0.145. The van der Waals surface area contributed by atoms with E-state index in [-0.39, 0.29) is 6.42 Å². The van der Waals surface area contributed by atoms with Gasteiger partial charge in [0.25, 0.3) is 0 Å². The Balaban J connectivity index is 3.03. The van der Waals surface area contributed by atoms with E-state index in [1.807, 2.05) is 0 Å². The van der Waals surface area contributed by atoms with Crippen molar-refractivity contribution in [3.63, 3.8) is 0 Å². The molecule has 0 radical (unpaired) electrons. The number of carbonyl (C=O) groups excluding carboxylic acids is 3. The Hall–Kier alpha value is -3.03. The van der Waals surface area contributed by atoms with Gasteiger partial charge < -0.3 is 42.0 Å². The van der Waals surface area contributed by atoms with Crippen LogP contribution in [0.1, 0.15) is 26.5 Å². The molecule has 0 fully saturated rings. The van der Waals surface area contributed by atoms with Crippen LogP contribution >= 0.6 is 0 Å². The van der Waals surface area contributed by atoms with E-state index in [4.69, 9.17) is 10.8 Å². The van der Waals surface area contributed by atoms with Crippen LogP contribution in [0.15, 0.2) is 12.5 Å². The summed E-state index contributed by atoms with van der Waals surface area (Å²) >= 11 is 0. The van der Waals surface area contributed by atoms with Gasteiger partial charge in [0, 0.05) is 18.3 Å². The zero-order valence-corrected chi connectivity index (χ0v) is 16.8. The molecule has 1 heterocycles. The Morgan fingerprint density at radius 2 is 1.57 bits per heavy atom. The average Bonchev–Trinajstić information content (AvgIpc) is 3.15. The van der Waals surface area contributed by atoms with Gasteiger partial charge in [0.2, 0.25) is 17.7 Å². The molecule has 0 aliphatic rings. The van der Waals surface area contributed by atoms with Gasteiger partial charge in [0.1, 0.15) is 12.1 Å². The lowest BCUT2D eigenvalue weighted by atomic mass is 10.1. The summed E-state index contributed by atoms with van der Waals surface area (Å²) in [6.45, 7) is 3.85. The number of rotatable bonds is 11. The van der Waals surface area contributed by atoms with Crippen LogP contribution in [0.25, 0.3) is 0 Å². The van der Waals surface area contributed by atoms with E-state index in [9.17, 15) is 29.4 Å². The van der Waals surface area contributed by atoms with Crippen LogP contribution < -0.4 is 21.7 Å². The molecule has 30 heavy (non-hydrogen) atoms. The third kappa shape index (κ3) is 7.42. The number of aromatic nitrogens is 2. The number of nitrogens with one attached hydrogen (secondary N) is 4. The first-order valence-electron chi connectivity index (χ1n) is 9.16. The first-order valence-corrected chi connectivity index (χ1v) is 9.16. The standard InChI is InChI=1S/C17H28N6O7/c1-7(18)14(26)22-12(8(2)24)16(28)21-11(4-10-5-19-6-20-10)15(27)23-13(9(3)25)17(29)30/h5-9,11-13,24-25H,4,18H2,1-3H3,(H,19,20)(H,21,28)(H,22,26)(H,23,27)(H,29,30). The number of aliphatic carboxylic acids is 1. The predicted molar refractivity (Wildman–Crippen MR) is 103 cm³/mol. The second-order valence-corrected chi connectivity index (χ2v) is 6.92. The number of aliphatic hydroxyl groups excluding tert-OH is 2. The number of nitrogens with two attached hydrogens (primary N) is 1. The number of carboxylic acid groups (broad SMARTS) is 1. The molecule has 13 nitrogen and oxygen atoms in total. The normalized spacial score (nSPS) is 17.0. The number of hydrogen-bond acceptors (Lipinski definition) is 8. The predicted octanol–water partition coefficient (Wildman–Crippen LogP) is -3.40. The van der Waals surface area contributed by atoms with E-state index in [2.05, 4.69) is 25.9 Å². The largest absolute Gasteiger partial charge is 0.480 e. The lowest BCUT2D eigenvalue weighted by Gasteiger charge is -2.26. The van der Waals surface area contributed by atoms with Gasteiger partial charge in [-0.15, -0.1) is 0 Å². The highest BCUT2D eigenvalue weighted by Gasteiger charge is 2.33. The summed E-state index contributed by atoms with van der Waals surface area (Å²) in [7, 11) is 0. The molecule has 0 aliphatic carbocycles. The summed E-state index contributed by atoms with van der Waals surface area (Å²) < 4.78 is 0. The third-order valence-corrected chi connectivity index (χ3v) is 4.13. The monoisotopic (exact) mass is 428 g/mol. The summed E-state index contributed by atoms with van der Waals surface area (Å²) in [5.41, 5.74) is 5.91. The van der Waals surface area contributed by atoms with Crippen molar-refractivity contribution in [2.24, 2.45) is 5.73 Å². The zero-order valence-electron chi connectivity index (χ0n) is 16.8. The summed E-state index contributed by atoms with van der Waals surface area (Å²) in [6, 6.07) is -5.26. The number of H-pyrrole nitrogens is 1. The zero-order chi connectivity index (χ0) is 23.0. The Kier molecular flexibility index (Phi) is 9.36. The fourth-order valence-electron chi connectivity index (χ4n) is 2.42. The second kappa shape index (κ2) is 11.2. The molecule has 1 rings (SSSR count). The van der Waals surface area contributed by atoms with Crippen LogP contribution in [-0.2, 0) is 25.6 Å². The van der Waals surface area contributed by atoms with E-state index < -0.39 is 60.1 Å². The second-order valence-electron chi connectivity index (χ2n) is 6.92. The van der Waals surface area contributed by atoms with Crippen molar-refractivity contribution in [2.75, 3.05) is 0 Å². The highest BCUT2D eigenvalue weighted by Crippen LogP contribution is 2.04. The number of carboxylic acids is 1. The van der Waals surface area contributed by atoms with E-state index >= 15 is 0 Å².